The van der Waals surface area contributed by atoms with Crippen LogP contribution in [0.5, 0.6) is 0 Å². The Hall–Kier alpha value is -11.8. The minimum absolute atomic E-state index is 0.110. The number of hydrogen-bond donors (Lipinski definition) is 4. The zero-order valence-electron chi connectivity index (χ0n) is 58.6. The molecule has 24 heteroatoms. The van der Waals surface area contributed by atoms with Gasteiger partial charge in [0.1, 0.15) is 24.0 Å². The lowest BCUT2D eigenvalue weighted by Crippen LogP contribution is -2.30. The Kier molecular flexibility index (Phi) is 28.8. The van der Waals surface area contributed by atoms with E-state index in [1.165, 1.54) is 36.4 Å². The fourth-order valence-electron chi connectivity index (χ4n) is 10.6. The van der Waals surface area contributed by atoms with Crippen LogP contribution in [0.25, 0.3) is 0 Å². The Morgan fingerprint density at radius 1 is 0.312 bits per heavy atom. The molecule has 109 heavy (non-hydrogen) atoms. The molecule has 4 heterocycles. The highest BCUT2D eigenvalue weighted by Crippen LogP contribution is 2.32. The van der Waals surface area contributed by atoms with Gasteiger partial charge in [0.25, 0.3) is 23.6 Å². The lowest BCUT2D eigenvalue weighted by Gasteiger charge is -2.20. The maximum Gasteiger partial charge on any atom is 0.252 e. The molecule has 4 atom stereocenters. The zero-order valence-corrected chi connectivity index (χ0v) is 63.9. The van der Waals surface area contributed by atoms with Gasteiger partial charge in [0.2, 0.25) is 0 Å². The van der Waals surface area contributed by atoms with Crippen molar-refractivity contribution in [2.75, 3.05) is 0 Å². The molecule has 0 unspecified atom stereocenters. The minimum Gasteiger partial charge on any atom is -0.340 e. The van der Waals surface area contributed by atoms with E-state index in [1.807, 2.05) is 120 Å². The molecule has 4 N–H and O–H groups in total. The quantitative estimate of drug-likeness (QED) is 0.0704. The molecule has 0 aliphatic rings. The third-order valence-corrected chi connectivity index (χ3v) is 18.7. The van der Waals surface area contributed by atoms with E-state index in [4.69, 9.17) is 102 Å². The molecule has 0 radical (unpaired) electrons. The largest absolute Gasteiger partial charge is 0.340 e. The molecule has 4 amide bonds. The summed E-state index contributed by atoms with van der Waals surface area (Å²) in [6.07, 6.45) is 6.97. The van der Waals surface area contributed by atoms with Crippen molar-refractivity contribution in [2.45, 2.75) is 58.8 Å². The standard InChI is InChI=1S/C22H18ClN3O.C21H14Cl3N3O.C21H15Cl2N3O.C21H15ClFN3O/c1-14-3-10-20(25-13-14)21(16-6-8-19(23)9-7-16)26-22(27)17-4-5-18(12-24)15(2)11-17;1-12-2-7-19(26-11-12)20(13-5-6-16(22)18(24)8-13)27-21(28)14-3-4-15(10-25)17(23)9-14;2*1-13-2-9-19(25-12-13)20(14-5-7-17(22)8-6-14)26-21(27)15-3-4-16(11-24)18(23)10-15/h3-11,13,21H,1-2H3,(H,26,27);2-9,11,20H,1H3,(H,27,28);2*2-10,12,20H,1H3,(H,26,27)/t21-;3*20-/m0000/s1. The summed E-state index contributed by atoms with van der Waals surface area (Å²) in [5.41, 5.74) is 13.2. The van der Waals surface area contributed by atoms with Crippen LogP contribution in [0.2, 0.25) is 35.2 Å². The lowest BCUT2D eigenvalue weighted by atomic mass is 10.0. The summed E-state index contributed by atoms with van der Waals surface area (Å²) in [5, 5.41) is 50.8. The highest BCUT2D eigenvalue weighted by Gasteiger charge is 2.25. The number of rotatable bonds is 16. The monoisotopic (exact) mass is 1580 g/mol. The van der Waals surface area contributed by atoms with Crippen molar-refractivity contribution in [3.8, 4) is 24.3 Å². The van der Waals surface area contributed by atoms with E-state index in [0.29, 0.717) is 75.6 Å². The number of halogens is 8. The molecule has 0 spiro atoms. The Labute approximate surface area is 664 Å². The summed E-state index contributed by atoms with van der Waals surface area (Å²) < 4.78 is 13.9. The van der Waals surface area contributed by atoms with E-state index < -0.39 is 35.9 Å². The Balaban J connectivity index is 0.000000167. The van der Waals surface area contributed by atoms with Crippen molar-refractivity contribution < 1.29 is 23.6 Å². The van der Waals surface area contributed by atoms with E-state index in [2.05, 4.69) is 47.3 Å². The number of hydrogen-bond acceptors (Lipinski definition) is 12. The fourth-order valence-corrected chi connectivity index (χ4v) is 11.7. The van der Waals surface area contributed by atoms with Gasteiger partial charge in [-0.1, -0.05) is 148 Å². The van der Waals surface area contributed by atoms with Crippen molar-refractivity contribution in [1.82, 2.24) is 41.2 Å². The SMILES string of the molecule is Cc1ccc([C@@H](NC(=O)c2ccc(C#N)c(C)c2)c2ccc(Cl)cc2)nc1.Cc1ccc([C@@H](NC(=O)c2ccc(C#N)c(Cl)c2)c2ccc(Cl)c(Cl)c2)nc1.Cc1ccc([C@@H](NC(=O)c2ccc(C#N)c(Cl)c2)c2ccc(Cl)cc2)nc1.Cc1ccc([C@@H](NC(=O)c2ccc(C#N)c(F)c2)c2ccc(Cl)cc2)nc1. The van der Waals surface area contributed by atoms with E-state index in [0.717, 1.165) is 61.8 Å². The first-order valence-electron chi connectivity index (χ1n) is 33.1. The van der Waals surface area contributed by atoms with Gasteiger partial charge in [0.15, 0.2) is 0 Å². The predicted octanol–water partition coefficient (Wildman–Crippen LogP) is 20.1. The number of carbonyl (C=O) groups excluding carboxylic acids is 4. The summed E-state index contributed by atoms with van der Waals surface area (Å²) >= 11 is 42.2. The number of aryl methyl sites for hydroxylation is 5. The maximum atomic E-state index is 13.9. The van der Waals surface area contributed by atoms with Crippen LogP contribution in [0.15, 0.2) is 237 Å². The lowest BCUT2D eigenvalue weighted by molar-refractivity contribution is 0.0934. The number of carbonyl (C=O) groups is 4. The van der Waals surface area contributed by atoms with E-state index in [-0.39, 0.29) is 38.9 Å². The van der Waals surface area contributed by atoms with Crippen molar-refractivity contribution >= 4 is 105 Å². The second-order valence-electron chi connectivity index (χ2n) is 24.6. The van der Waals surface area contributed by atoms with Crippen LogP contribution in [-0.2, 0) is 0 Å². The van der Waals surface area contributed by atoms with Gasteiger partial charge in [-0.25, -0.2) is 4.39 Å². The zero-order chi connectivity index (χ0) is 78.4. The summed E-state index contributed by atoms with van der Waals surface area (Å²) in [4.78, 5) is 68.9. The molecule has 4 aromatic heterocycles. The summed E-state index contributed by atoms with van der Waals surface area (Å²) in [5.74, 6) is -2.11. The molecule has 12 rings (SSSR count). The molecule has 0 fully saturated rings. The second-order valence-corrected chi connectivity index (χ2v) is 27.5. The molecule has 0 bridgehead atoms. The van der Waals surface area contributed by atoms with E-state index in [1.54, 1.807) is 128 Å². The van der Waals surface area contributed by atoms with Gasteiger partial charge in [-0.3, -0.25) is 39.1 Å². The van der Waals surface area contributed by atoms with Gasteiger partial charge < -0.3 is 21.3 Å². The molecular weight excluding hydrogens is 1520 g/mol. The summed E-state index contributed by atoms with van der Waals surface area (Å²) in [6.45, 7) is 9.58. The molecule has 0 aliphatic heterocycles. The fraction of sp³-hybridized carbons (Fsp3) is 0.106. The first kappa shape index (κ1) is 81.2. The number of nitriles is 4. The first-order valence-corrected chi connectivity index (χ1v) is 35.7. The van der Waals surface area contributed by atoms with Gasteiger partial charge >= 0.3 is 0 Å². The molecule has 12 aromatic rings. The highest BCUT2D eigenvalue weighted by molar-refractivity contribution is 6.42. The van der Waals surface area contributed by atoms with Crippen LogP contribution in [0.1, 0.15) is 161 Å². The van der Waals surface area contributed by atoms with Crippen molar-refractivity contribution in [2.24, 2.45) is 0 Å². The van der Waals surface area contributed by atoms with Crippen LogP contribution < -0.4 is 21.3 Å². The van der Waals surface area contributed by atoms with Crippen LogP contribution >= 0.6 is 81.2 Å². The smallest absolute Gasteiger partial charge is 0.252 e. The molecule has 542 valence electrons. The molecule has 0 saturated carbocycles. The van der Waals surface area contributed by atoms with Crippen molar-refractivity contribution in [1.29, 1.82) is 21.0 Å². The van der Waals surface area contributed by atoms with Gasteiger partial charge in [-0.15, -0.1) is 0 Å². The Morgan fingerprint density at radius 3 is 0.872 bits per heavy atom. The third kappa shape index (κ3) is 22.4. The van der Waals surface area contributed by atoms with Crippen LogP contribution in [-0.4, -0.2) is 43.6 Å². The normalized spacial score (nSPS) is 11.5. The molecule has 0 aliphatic carbocycles. The Bertz CT molecular complexity index is 4930. The Morgan fingerprint density at radius 2 is 0.596 bits per heavy atom. The minimum atomic E-state index is -0.735. The summed E-state index contributed by atoms with van der Waals surface area (Å²) in [6, 6.07) is 65.7. The van der Waals surface area contributed by atoms with Gasteiger partial charge in [0, 0.05) is 62.1 Å². The van der Waals surface area contributed by atoms with Crippen LogP contribution in [0.3, 0.4) is 0 Å². The average molecular weight is 1580 g/mol. The third-order valence-electron chi connectivity index (χ3n) is 16.6. The van der Waals surface area contributed by atoms with Crippen molar-refractivity contribution in [3.05, 3.63) is 395 Å². The predicted molar refractivity (Wildman–Crippen MR) is 423 cm³/mol. The molecule has 0 saturated heterocycles. The number of aromatic nitrogens is 4. The maximum absolute atomic E-state index is 13.9. The first-order chi connectivity index (χ1) is 52.3. The average Bonchev–Trinajstić information content (AvgIpc) is 0.832. The van der Waals surface area contributed by atoms with Crippen molar-refractivity contribution in [3.63, 3.8) is 0 Å². The van der Waals surface area contributed by atoms with Crippen LogP contribution in [0, 0.1) is 85.8 Å². The van der Waals surface area contributed by atoms with E-state index >= 15 is 0 Å². The van der Waals surface area contributed by atoms with Gasteiger partial charge in [0.05, 0.1) is 95.4 Å². The number of benzene rings is 8. The number of nitrogens with one attached hydrogen (secondary N) is 4. The topological polar surface area (TPSA) is 263 Å². The molecule has 16 nitrogen and oxygen atoms in total. The molecular formula is C85H62Cl7FN12O4. The van der Waals surface area contributed by atoms with Gasteiger partial charge in [-0.2, -0.15) is 21.0 Å². The van der Waals surface area contributed by atoms with Gasteiger partial charge in [-0.05, 0) is 230 Å². The van der Waals surface area contributed by atoms with E-state index in [9.17, 15) is 23.6 Å². The van der Waals surface area contributed by atoms with Crippen LogP contribution in [0.4, 0.5) is 4.39 Å². The number of nitrogens with zero attached hydrogens (tertiary/aromatic N) is 8. The second kappa shape index (κ2) is 38.6. The summed E-state index contributed by atoms with van der Waals surface area (Å²) in [7, 11) is 0. The molecule has 8 aromatic carbocycles. The number of amides is 4. The number of pyridine rings is 4. The highest BCUT2D eigenvalue weighted by atomic mass is 35.5.